The first-order chi connectivity index (χ1) is 6.15. The Morgan fingerprint density at radius 3 is 2.31 bits per heavy atom. The van der Waals surface area contributed by atoms with E-state index in [1.165, 1.54) is 7.05 Å². The summed E-state index contributed by atoms with van der Waals surface area (Å²) < 4.78 is 5.16. The zero-order valence-corrected chi connectivity index (χ0v) is 8.05. The molecule has 0 aliphatic carbocycles. The molecule has 4 atom stereocenters. The van der Waals surface area contributed by atoms with Gasteiger partial charge in [0.05, 0.1) is 24.9 Å². The van der Waals surface area contributed by atoms with Crippen LogP contribution >= 0.6 is 0 Å². The molecule has 80 valence electrons. The van der Waals surface area contributed by atoms with Crippen molar-refractivity contribution < 1.29 is 20.1 Å². The maximum absolute atomic E-state index is 9.21. The van der Waals surface area contributed by atoms with Gasteiger partial charge in [0.25, 0.3) is 0 Å². The highest BCUT2D eigenvalue weighted by Gasteiger charge is 2.33. The molecule has 1 heterocycles. The lowest BCUT2D eigenvalue weighted by Gasteiger charge is -2.34. The van der Waals surface area contributed by atoms with E-state index in [4.69, 9.17) is 9.84 Å². The van der Waals surface area contributed by atoms with Crippen molar-refractivity contribution in [2.24, 2.45) is 5.73 Å². The first-order valence-corrected chi connectivity index (χ1v) is 4.35. The molecule has 0 radical (unpaired) electrons. The summed E-state index contributed by atoms with van der Waals surface area (Å²) in [5.41, 5.74) is 4.50. The molecular formula is C8H19NO4. The smallest absolute Gasteiger partial charge is 0.106 e. The van der Waals surface area contributed by atoms with Crippen LogP contribution in [0.1, 0.15) is 13.3 Å². The lowest BCUT2D eigenvalue weighted by molar-refractivity contribution is -0.170. The summed E-state index contributed by atoms with van der Waals surface area (Å²) >= 11 is 0. The molecule has 5 nitrogen and oxygen atoms in total. The second kappa shape index (κ2) is 6.28. The van der Waals surface area contributed by atoms with Crippen molar-refractivity contribution in [2.75, 3.05) is 13.7 Å². The van der Waals surface area contributed by atoms with Gasteiger partial charge in [0.2, 0.25) is 0 Å². The molecule has 0 aromatic rings. The van der Waals surface area contributed by atoms with Gasteiger partial charge in [0.15, 0.2) is 0 Å². The average Bonchev–Trinajstić information content (AvgIpc) is 2.16. The first kappa shape index (κ1) is 12.8. The standard InChI is InChI=1S/C7H14O4.CH5N/c1-4-7(10)6(9)2-5(3-8)11-4;1-2/h4-10H,2-3H2,1H3;2H2,1H3. The van der Waals surface area contributed by atoms with E-state index in [0.29, 0.717) is 6.42 Å². The summed E-state index contributed by atoms with van der Waals surface area (Å²) in [4.78, 5) is 0. The Morgan fingerprint density at radius 1 is 1.38 bits per heavy atom. The van der Waals surface area contributed by atoms with Crippen molar-refractivity contribution in [1.29, 1.82) is 0 Å². The minimum absolute atomic E-state index is 0.103. The summed E-state index contributed by atoms with van der Waals surface area (Å²) in [5, 5.41) is 27.1. The Bertz CT molecular complexity index is 121. The van der Waals surface area contributed by atoms with Gasteiger partial charge in [0, 0.05) is 6.42 Å². The molecule has 1 aliphatic rings. The quantitative estimate of drug-likeness (QED) is 0.404. The van der Waals surface area contributed by atoms with Gasteiger partial charge < -0.3 is 25.8 Å². The summed E-state index contributed by atoms with van der Waals surface area (Å²) in [6.07, 6.45) is -2.00. The molecule has 1 aliphatic heterocycles. The predicted molar refractivity (Wildman–Crippen MR) is 48.2 cm³/mol. The normalized spacial score (nSPS) is 39.2. The maximum Gasteiger partial charge on any atom is 0.106 e. The van der Waals surface area contributed by atoms with Crippen molar-refractivity contribution in [3.05, 3.63) is 0 Å². The van der Waals surface area contributed by atoms with Crippen molar-refractivity contribution in [3.63, 3.8) is 0 Å². The lowest BCUT2D eigenvalue weighted by atomic mass is 9.99. The lowest BCUT2D eigenvalue weighted by Crippen LogP contribution is -2.47. The predicted octanol–water partition coefficient (Wildman–Crippen LogP) is -1.55. The molecule has 1 fully saturated rings. The summed E-state index contributed by atoms with van der Waals surface area (Å²) in [5.74, 6) is 0. The molecule has 1 rings (SSSR count). The van der Waals surface area contributed by atoms with E-state index in [0.717, 1.165) is 0 Å². The number of aliphatic hydroxyl groups excluding tert-OH is 3. The SMILES string of the molecule is CC1OC(CO)CC(O)C1O.CN. The fraction of sp³-hybridized carbons (Fsp3) is 1.00. The average molecular weight is 193 g/mol. The summed E-state index contributed by atoms with van der Waals surface area (Å²) in [6.45, 7) is 1.57. The van der Waals surface area contributed by atoms with Crippen molar-refractivity contribution in [3.8, 4) is 0 Å². The molecule has 0 amide bonds. The third-order valence-corrected chi connectivity index (χ3v) is 1.99. The second-order valence-corrected chi connectivity index (χ2v) is 2.94. The monoisotopic (exact) mass is 193 g/mol. The van der Waals surface area contributed by atoms with Crippen molar-refractivity contribution in [2.45, 2.75) is 37.8 Å². The van der Waals surface area contributed by atoms with E-state index in [9.17, 15) is 10.2 Å². The van der Waals surface area contributed by atoms with Crippen molar-refractivity contribution >= 4 is 0 Å². The molecule has 0 spiro atoms. The highest BCUT2D eigenvalue weighted by molar-refractivity contribution is 4.82. The number of ether oxygens (including phenoxy) is 1. The summed E-state index contributed by atoms with van der Waals surface area (Å²) in [7, 11) is 1.50. The molecule has 0 aromatic carbocycles. The van der Waals surface area contributed by atoms with Gasteiger partial charge in [-0.2, -0.15) is 0 Å². The number of aliphatic hydroxyl groups is 3. The third-order valence-electron chi connectivity index (χ3n) is 1.99. The Hall–Kier alpha value is -0.200. The number of hydrogen-bond acceptors (Lipinski definition) is 5. The number of nitrogens with two attached hydrogens (primary N) is 1. The molecule has 13 heavy (non-hydrogen) atoms. The second-order valence-electron chi connectivity index (χ2n) is 2.94. The van der Waals surface area contributed by atoms with Crippen LogP contribution in [0.3, 0.4) is 0 Å². The van der Waals surface area contributed by atoms with Gasteiger partial charge in [-0.25, -0.2) is 0 Å². The minimum Gasteiger partial charge on any atom is -0.394 e. The van der Waals surface area contributed by atoms with Crippen LogP contribution in [0.4, 0.5) is 0 Å². The fourth-order valence-corrected chi connectivity index (χ4v) is 1.28. The Morgan fingerprint density at radius 2 is 1.92 bits per heavy atom. The van der Waals surface area contributed by atoms with E-state index < -0.39 is 18.3 Å². The topological polar surface area (TPSA) is 95.9 Å². The summed E-state index contributed by atoms with van der Waals surface area (Å²) in [6, 6.07) is 0. The number of hydrogen-bond donors (Lipinski definition) is 4. The molecule has 0 saturated carbocycles. The van der Waals surface area contributed by atoms with Gasteiger partial charge in [-0.05, 0) is 14.0 Å². The zero-order valence-electron chi connectivity index (χ0n) is 8.05. The van der Waals surface area contributed by atoms with E-state index in [2.05, 4.69) is 5.73 Å². The van der Waals surface area contributed by atoms with E-state index in [1.807, 2.05) is 0 Å². The molecule has 0 aromatic heterocycles. The van der Waals surface area contributed by atoms with Gasteiger partial charge in [-0.15, -0.1) is 0 Å². The molecular weight excluding hydrogens is 174 g/mol. The minimum atomic E-state index is -0.821. The van der Waals surface area contributed by atoms with E-state index in [-0.39, 0.29) is 12.7 Å². The van der Waals surface area contributed by atoms with Crippen LogP contribution in [0.15, 0.2) is 0 Å². The van der Waals surface area contributed by atoms with Gasteiger partial charge in [-0.1, -0.05) is 0 Å². The van der Waals surface area contributed by atoms with Crippen LogP contribution in [-0.4, -0.2) is 53.4 Å². The third kappa shape index (κ3) is 3.58. The maximum atomic E-state index is 9.21. The highest BCUT2D eigenvalue weighted by atomic mass is 16.5. The molecule has 5 heteroatoms. The Balaban J connectivity index is 0.000000671. The highest BCUT2D eigenvalue weighted by Crippen LogP contribution is 2.19. The van der Waals surface area contributed by atoms with Crippen LogP contribution in [0.2, 0.25) is 0 Å². The Labute approximate surface area is 78.1 Å². The van der Waals surface area contributed by atoms with Gasteiger partial charge in [-0.3, -0.25) is 0 Å². The van der Waals surface area contributed by atoms with Crippen LogP contribution < -0.4 is 5.73 Å². The van der Waals surface area contributed by atoms with Crippen LogP contribution in [0.5, 0.6) is 0 Å². The largest absolute Gasteiger partial charge is 0.394 e. The van der Waals surface area contributed by atoms with Crippen LogP contribution in [-0.2, 0) is 4.74 Å². The van der Waals surface area contributed by atoms with Crippen LogP contribution in [0.25, 0.3) is 0 Å². The molecule has 5 N–H and O–H groups in total. The van der Waals surface area contributed by atoms with Gasteiger partial charge in [0.1, 0.15) is 6.10 Å². The van der Waals surface area contributed by atoms with Crippen molar-refractivity contribution in [1.82, 2.24) is 0 Å². The molecule has 4 unspecified atom stereocenters. The van der Waals surface area contributed by atoms with Crippen LogP contribution in [0, 0.1) is 0 Å². The van der Waals surface area contributed by atoms with E-state index in [1.54, 1.807) is 6.92 Å². The first-order valence-electron chi connectivity index (χ1n) is 4.35. The number of rotatable bonds is 1. The fourth-order valence-electron chi connectivity index (χ4n) is 1.28. The van der Waals surface area contributed by atoms with E-state index >= 15 is 0 Å². The Kier molecular flexibility index (Phi) is 6.19. The molecule has 1 saturated heterocycles. The van der Waals surface area contributed by atoms with Gasteiger partial charge >= 0.3 is 0 Å². The zero-order chi connectivity index (χ0) is 10.4. The molecule has 0 bridgehead atoms.